The molecule has 3 heterocycles. The first-order chi connectivity index (χ1) is 14.0. The van der Waals surface area contributed by atoms with Gasteiger partial charge in [0.2, 0.25) is 5.91 Å². The second-order valence-electron chi connectivity index (χ2n) is 8.03. The lowest BCUT2D eigenvalue weighted by molar-refractivity contribution is -0.123. The second kappa shape index (κ2) is 6.77. The minimum atomic E-state index is -3.65. The van der Waals surface area contributed by atoms with Gasteiger partial charge in [-0.2, -0.15) is 12.7 Å². The highest BCUT2D eigenvalue weighted by Gasteiger charge is 2.52. The molecule has 2 N–H and O–H groups in total. The molecular formula is C20H23N5O3S. The highest BCUT2D eigenvalue weighted by atomic mass is 32.2. The lowest BCUT2D eigenvalue weighted by Gasteiger charge is -2.36. The number of aromatic nitrogens is 2. The van der Waals surface area contributed by atoms with Crippen LogP contribution in [0, 0.1) is 0 Å². The largest absolute Gasteiger partial charge is 0.324 e. The summed E-state index contributed by atoms with van der Waals surface area (Å²) in [5.41, 5.74) is 3.00. The summed E-state index contributed by atoms with van der Waals surface area (Å²) in [6.45, 7) is 1.06. The van der Waals surface area contributed by atoms with Gasteiger partial charge < -0.3 is 5.32 Å². The zero-order valence-corrected chi connectivity index (χ0v) is 16.8. The Hall–Kier alpha value is -2.52. The quantitative estimate of drug-likeness (QED) is 0.802. The highest BCUT2D eigenvalue weighted by molar-refractivity contribution is 7.90. The van der Waals surface area contributed by atoms with Gasteiger partial charge in [-0.3, -0.25) is 9.52 Å². The van der Waals surface area contributed by atoms with E-state index < -0.39 is 15.6 Å². The van der Waals surface area contributed by atoms with E-state index in [1.54, 1.807) is 18.5 Å². The molecule has 0 unspecified atom stereocenters. The molecule has 1 amide bonds. The van der Waals surface area contributed by atoms with Crippen LogP contribution in [0.1, 0.15) is 44.1 Å². The second-order valence-corrected chi connectivity index (χ2v) is 9.70. The van der Waals surface area contributed by atoms with Crippen LogP contribution in [-0.4, -0.2) is 41.7 Å². The Morgan fingerprint density at radius 1 is 1.03 bits per heavy atom. The molecule has 1 saturated heterocycles. The lowest BCUT2D eigenvalue weighted by Crippen LogP contribution is -2.41. The first-order valence-corrected chi connectivity index (χ1v) is 11.5. The number of piperidine rings is 1. The summed E-state index contributed by atoms with van der Waals surface area (Å²) < 4.78 is 30.1. The first-order valence-electron chi connectivity index (χ1n) is 10.0. The number of carbonyl (C=O) groups excluding carboxylic acids is 1. The molecule has 152 valence electrons. The van der Waals surface area contributed by atoms with E-state index in [4.69, 9.17) is 0 Å². The molecule has 1 aromatic carbocycles. The van der Waals surface area contributed by atoms with Crippen molar-refractivity contribution in [2.75, 3.05) is 23.1 Å². The molecule has 0 radical (unpaired) electrons. The van der Waals surface area contributed by atoms with Gasteiger partial charge in [0.15, 0.2) is 0 Å². The van der Waals surface area contributed by atoms with E-state index in [-0.39, 0.29) is 5.91 Å². The third-order valence-corrected chi connectivity index (χ3v) is 7.85. The Morgan fingerprint density at radius 3 is 2.41 bits per heavy atom. The molecule has 1 saturated carbocycles. The average Bonchev–Trinajstić information content (AvgIpc) is 3.00. The summed E-state index contributed by atoms with van der Waals surface area (Å²) in [6, 6.07) is 3.58. The molecule has 29 heavy (non-hydrogen) atoms. The number of rotatable bonds is 4. The van der Waals surface area contributed by atoms with Crippen molar-refractivity contribution in [2.24, 2.45) is 0 Å². The number of hydrogen-bond acceptors (Lipinski definition) is 5. The third kappa shape index (κ3) is 3.00. The predicted molar refractivity (Wildman–Crippen MR) is 110 cm³/mol. The molecular weight excluding hydrogens is 390 g/mol. The standard InChI is InChI=1S/C20H23N5O3S/c26-19-20(5-4-6-20)17-10-15(24-29(27,28)25-7-2-1-3-8-25)9-16(18(17)23-19)14-11-21-13-22-12-14/h9-13,24H,1-8H2,(H,23,26). The number of nitrogens with zero attached hydrogens (tertiary/aromatic N) is 3. The van der Waals surface area contributed by atoms with Crippen LogP contribution in [0.2, 0.25) is 0 Å². The van der Waals surface area contributed by atoms with Crippen LogP contribution in [0.15, 0.2) is 30.9 Å². The van der Waals surface area contributed by atoms with E-state index >= 15 is 0 Å². The fourth-order valence-corrected chi connectivity index (χ4v) is 5.86. The van der Waals surface area contributed by atoms with Crippen molar-refractivity contribution >= 4 is 27.5 Å². The summed E-state index contributed by atoms with van der Waals surface area (Å²) in [5.74, 6) is -0.00659. The Kier molecular flexibility index (Phi) is 4.32. The van der Waals surface area contributed by atoms with Crippen LogP contribution < -0.4 is 10.0 Å². The minimum Gasteiger partial charge on any atom is -0.324 e. The number of hydrogen-bond donors (Lipinski definition) is 2. The Balaban J connectivity index is 1.59. The van der Waals surface area contributed by atoms with Crippen LogP contribution in [0.5, 0.6) is 0 Å². The van der Waals surface area contributed by atoms with Gasteiger partial charge in [-0.15, -0.1) is 0 Å². The zero-order valence-electron chi connectivity index (χ0n) is 16.0. The van der Waals surface area contributed by atoms with Gasteiger partial charge in [-0.05, 0) is 43.4 Å². The molecule has 9 heteroatoms. The number of anilines is 2. The molecule has 3 aliphatic rings. The Labute approximate surface area is 169 Å². The summed E-state index contributed by atoms with van der Waals surface area (Å²) in [5, 5.41) is 3.03. The van der Waals surface area contributed by atoms with E-state index in [9.17, 15) is 13.2 Å². The molecule has 1 aromatic heterocycles. The van der Waals surface area contributed by atoms with E-state index in [0.717, 1.165) is 60.9 Å². The topological polar surface area (TPSA) is 104 Å². The lowest BCUT2D eigenvalue weighted by atomic mass is 9.65. The summed E-state index contributed by atoms with van der Waals surface area (Å²) in [4.78, 5) is 20.9. The Morgan fingerprint density at radius 2 is 1.76 bits per heavy atom. The van der Waals surface area contributed by atoms with Crippen molar-refractivity contribution in [1.29, 1.82) is 0 Å². The van der Waals surface area contributed by atoms with E-state index in [1.807, 2.05) is 6.07 Å². The van der Waals surface area contributed by atoms with Crippen LogP contribution in [0.4, 0.5) is 11.4 Å². The van der Waals surface area contributed by atoms with Gasteiger partial charge in [0.25, 0.3) is 0 Å². The maximum absolute atomic E-state index is 12.9. The van der Waals surface area contributed by atoms with Crippen molar-refractivity contribution in [3.63, 3.8) is 0 Å². The van der Waals surface area contributed by atoms with Crippen LogP contribution in [0.3, 0.4) is 0 Å². The summed E-state index contributed by atoms with van der Waals surface area (Å²) >= 11 is 0. The molecule has 2 fully saturated rings. The van der Waals surface area contributed by atoms with Gasteiger partial charge >= 0.3 is 10.2 Å². The van der Waals surface area contributed by atoms with E-state index in [1.165, 1.54) is 10.6 Å². The van der Waals surface area contributed by atoms with Crippen molar-refractivity contribution in [3.05, 3.63) is 36.4 Å². The van der Waals surface area contributed by atoms with Crippen LogP contribution >= 0.6 is 0 Å². The molecule has 2 aromatic rings. The van der Waals surface area contributed by atoms with Gasteiger partial charge in [0.05, 0.1) is 16.8 Å². The van der Waals surface area contributed by atoms with Gasteiger partial charge in [0.1, 0.15) is 6.33 Å². The normalized spacial score (nSPS) is 20.8. The molecule has 0 bridgehead atoms. The zero-order chi connectivity index (χ0) is 20.1. The SMILES string of the molecule is O=C1Nc2c(-c3cncnc3)cc(NS(=O)(=O)N3CCCCC3)cc2C12CCC2. The van der Waals surface area contributed by atoms with Crippen molar-refractivity contribution < 1.29 is 13.2 Å². The van der Waals surface area contributed by atoms with Gasteiger partial charge in [-0.25, -0.2) is 9.97 Å². The summed E-state index contributed by atoms with van der Waals surface area (Å²) in [6.07, 6.45) is 10.1. The third-order valence-electron chi connectivity index (χ3n) is 6.31. The number of benzene rings is 1. The van der Waals surface area contributed by atoms with Gasteiger partial charge in [0, 0.05) is 36.6 Å². The molecule has 1 spiro atoms. The van der Waals surface area contributed by atoms with Crippen LogP contribution in [-0.2, 0) is 20.4 Å². The number of nitrogens with one attached hydrogen (secondary N) is 2. The molecule has 8 nitrogen and oxygen atoms in total. The van der Waals surface area contributed by atoms with E-state index in [0.29, 0.717) is 18.8 Å². The van der Waals surface area contributed by atoms with Gasteiger partial charge in [-0.1, -0.05) is 12.8 Å². The van der Waals surface area contributed by atoms with Crippen LogP contribution in [0.25, 0.3) is 11.1 Å². The molecule has 5 rings (SSSR count). The van der Waals surface area contributed by atoms with Crippen molar-refractivity contribution in [1.82, 2.24) is 14.3 Å². The maximum Gasteiger partial charge on any atom is 0.301 e. The average molecular weight is 414 g/mol. The fraction of sp³-hybridized carbons (Fsp3) is 0.450. The van der Waals surface area contributed by atoms with Crippen molar-refractivity contribution in [3.8, 4) is 11.1 Å². The summed E-state index contributed by atoms with van der Waals surface area (Å²) in [7, 11) is -3.65. The fourth-order valence-electron chi connectivity index (χ4n) is 4.58. The first kappa shape index (κ1) is 18.5. The monoisotopic (exact) mass is 413 g/mol. The molecule has 1 aliphatic carbocycles. The van der Waals surface area contributed by atoms with Crippen molar-refractivity contribution in [2.45, 2.75) is 43.9 Å². The number of fused-ring (bicyclic) bond motifs is 2. The minimum absolute atomic E-state index is 0.00659. The highest BCUT2D eigenvalue weighted by Crippen LogP contribution is 2.54. The number of amides is 1. The predicted octanol–water partition coefficient (Wildman–Crippen LogP) is 2.66. The number of carbonyl (C=O) groups is 1. The molecule has 0 atom stereocenters. The van der Waals surface area contributed by atoms with E-state index in [2.05, 4.69) is 20.0 Å². The maximum atomic E-state index is 12.9. The Bertz CT molecular complexity index is 1060. The smallest absolute Gasteiger partial charge is 0.301 e. The molecule has 2 aliphatic heterocycles.